The van der Waals surface area contributed by atoms with Crippen molar-refractivity contribution in [3.8, 4) is 0 Å². The van der Waals surface area contributed by atoms with Gasteiger partial charge in [0.25, 0.3) is 0 Å². The van der Waals surface area contributed by atoms with E-state index < -0.39 is 12.1 Å². The second kappa shape index (κ2) is 11.4. The van der Waals surface area contributed by atoms with Crippen LogP contribution in [0.1, 0.15) is 30.8 Å². The van der Waals surface area contributed by atoms with Gasteiger partial charge in [0.15, 0.2) is 0 Å². The zero-order valence-electron chi connectivity index (χ0n) is 18.0. The number of nitrogens with zero attached hydrogens (tertiary/aromatic N) is 5. The third kappa shape index (κ3) is 6.89. The Kier molecular flexibility index (Phi) is 8.91. The highest BCUT2D eigenvalue weighted by atomic mass is 19.4. The van der Waals surface area contributed by atoms with Crippen LogP contribution in [0.15, 0.2) is 30.7 Å². The van der Waals surface area contributed by atoms with Crippen molar-refractivity contribution in [1.29, 1.82) is 0 Å². The molecule has 0 aromatic carbocycles. The Hall–Kier alpha value is -3.24. The van der Waals surface area contributed by atoms with Crippen molar-refractivity contribution in [3.05, 3.63) is 47.7 Å². The van der Waals surface area contributed by atoms with Crippen LogP contribution in [0.3, 0.4) is 0 Å². The van der Waals surface area contributed by atoms with Crippen LogP contribution in [0.2, 0.25) is 0 Å². The van der Waals surface area contributed by atoms with Gasteiger partial charge in [-0.2, -0.15) is 13.2 Å². The van der Waals surface area contributed by atoms with Crippen molar-refractivity contribution in [3.63, 3.8) is 0 Å². The van der Waals surface area contributed by atoms with Gasteiger partial charge in [0.1, 0.15) is 12.1 Å². The molecule has 0 bridgehead atoms. The Bertz CT molecular complexity index is 905. The van der Waals surface area contributed by atoms with Gasteiger partial charge in [0.05, 0.1) is 12.1 Å². The van der Waals surface area contributed by atoms with Crippen LogP contribution in [-0.2, 0) is 28.9 Å². The summed E-state index contributed by atoms with van der Waals surface area (Å²) in [7, 11) is 0. The maximum absolute atomic E-state index is 12.6. The quantitative estimate of drug-likeness (QED) is 0.743. The fraction of sp³-hybridized carbons (Fsp3) is 0.476. The van der Waals surface area contributed by atoms with Crippen molar-refractivity contribution in [2.24, 2.45) is 0 Å². The summed E-state index contributed by atoms with van der Waals surface area (Å²) in [6.45, 7) is 7.52. The summed E-state index contributed by atoms with van der Waals surface area (Å²) in [5.74, 6) is -1.61. The molecule has 0 radical (unpaired) electrons. The van der Waals surface area contributed by atoms with Crippen molar-refractivity contribution in [1.82, 2.24) is 19.9 Å². The fourth-order valence-corrected chi connectivity index (χ4v) is 3.32. The Morgan fingerprint density at radius 2 is 1.75 bits per heavy atom. The van der Waals surface area contributed by atoms with E-state index in [0.29, 0.717) is 19.5 Å². The van der Waals surface area contributed by atoms with Gasteiger partial charge in [-0.05, 0) is 32.4 Å². The zero-order chi connectivity index (χ0) is 23.7. The van der Waals surface area contributed by atoms with Crippen LogP contribution in [0.5, 0.6) is 0 Å². The Morgan fingerprint density at radius 1 is 1.09 bits per heavy atom. The molecule has 0 fully saturated rings. The number of hydrogen-bond acceptors (Lipinski definition) is 6. The SMILES string of the molecule is CCN(CC)c1ncnc2c1CCN(C(=O)Cc1ccccn1)CC2.O=C(O)C(F)(F)F. The van der Waals surface area contributed by atoms with Crippen LogP contribution in [0.25, 0.3) is 0 Å². The van der Waals surface area contributed by atoms with Crippen molar-refractivity contribution in [2.75, 3.05) is 31.1 Å². The molecular formula is C21H26F3N5O3. The van der Waals surface area contributed by atoms with Gasteiger partial charge in [0, 0.05) is 50.1 Å². The molecule has 0 saturated heterocycles. The van der Waals surface area contributed by atoms with Gasteiger partial charge < -0.3 is 14.9 Å². The van der Waals surface area contributed by atoms with Gasteiger partial charge in [-0.25, -0.2) is 14.8 Å². The van der Waals surface area contributed by atoms with E-state index in [1.54, 1.807) is 12.5 Å². The minimum atomic E-state index is -5.08. The second-order valence-electron chi connectivity index (χ2n) is 6.98. The third-order valence-corrected chi connectivity index (χ3v) is 4.98. The lowest BCUT2D eigenvalue weighted by atomic mass is 10.1. The number of carbonyl (C=O) groups excluding carboxylic acids is 1. The molecule has 3 heterocycles. The number of fused-ring (bicyclic) bond motifs is 1. The maximum atomic E-state index is 12.6. The van der Waals surface area contributed by atoms with Crippen LogP contribution in [0.4, 0.5) is 19.0 Å². The largest absolute Gasteiger partial charge is 0.490 e. The molecule has 32 heavy (non-hydrogen) atoms. The number of alkyl halides is 3. The maximum Gasteiger partial charge on any atom is 0.490 e. The van der Waals surface area contributed by atoms with E-state index in [-0.39, 0.29) is 5.91 Å². The highest BCUT2D eigenvalue weighted by Gasteiger charge is 2.38. The molecule has 0 atom stereocenters. The van der Waals surface area contributed by atoms with E-state index in [4.69, 9.17) is 9.90 Å². The highest BCUT2D eigenvalue weighted by Crippen LogP contribution is 2.23. The molecule has 1 amide bonds. The average Bonchev–Trinajstić information content (AvgIpc) is 2.98. The van der Waals surface area contributed by atoms with E-state index in [2.05, 4.69) is 33.7 Å². The van der Waals surface area contributed by atoms with Crippen molar-refractivity contribution < 1.29 is 27.9 Å². The molecule has 1 aliphatic heterocycles. The Morgan fingerprint density at radius 3 is 2.31 bits per heavy atom. The summed E-state index contributed by atoms with van der Waals surface area (Å²) in [6, 6.07) is 5.68. The number of carboxylic acids is 1. The number of rotatable bonds is 5. The summed E-state index contributed by atoms with van der Waals surface area (Å²) >= 11 is 0. The molecule has 1 aliphatic rings. The summed E-state index contributed by atoms with van der Waals surface area (Å²) in [5, 5.41) is 7.12. The zero-order valence-corrected chi connectivity index (χ0v) is 18.0. The molecule has 0 spiro atoms. The van der Waals surface area contributed by atoms with Crippen molar-refractivity contribution in [2.45, 2.75) is 39.3 Å². The first kappa shape index (κ1) is 25.0. The van der Waals surface area contributed by atoms with E-state index in [1.807, 2.05) is 23.1 Å². The van der Waals surface area contributed by atoms with Gasteiger partial charge in [-0.15, -0.1) is 0 Å². The predicted octanol–water partition coefficient (Wildman–Crippen LogP) is 2.52. The number of halogens is 3. The smallest absolute Gasteiger partial charge is 0.475 e. The van der Waals surface area contributed by atoms with E-state index in [0.717, 1.165) is 43.1 Å². The van der Waals surface area contributed by atoms with Crippen LogP contribution >= 0.6 is 0 Å². The predicted molar refractivity (Wildman–Crippen MR) is 111 cm³/mol. The topological polar surface area (TPSA) is 99.5 Å². The number of carbonyl (C=O) groups is 2. The number of anilines is 1. The number of aliphatic carboxylic acids is 1. The second-order valence-corrected chi connectivity index (χ2v) is 6.98. The Labute approximate surface area is 184 Å². The lowest BCUT2D eigenvalue weighted by Crippen LogP contribution is -2.34. The van der Waals surface area contributed by atoms with Gasteiger partial charge in [0.2, 0.25) is 5.91 Å². The third-order valence-electron chi connectivity index (χ3n) is 4.98. The minimum absolute atomic E-state index is 0.129. The molecule has 0 saturated carbocycles. The van der Waals surface area contributed by atoms with Crippen LogP contribution in [0, 0.1) is 0 Å². The number of amides is 1. The molecule has 174 valence electrons. The molecule has 0 unspecified atom stereocenters. The normalized spacial score (nSPS) is 13.3. The molecule has 0 aliphatic carbocycles. The molecule has 2 aromatic heterocycles. The summed E-state index contributed by atoms with van der Waals surface area (Å²) < 4.78 is 31.7. The van der Waals surface area contributed by atoms with Gasteiger partial charge in [-0.3, -0.25) is 9.78 Å². The average molecular weight is 453 g/mol. The molecule has 8 nitrogen and oxygen atoms in total. The number of aromatic nitrogens is 3. The molecule has 3 rings (SSSR count). The minimum Gasteiger partial charge on any atom is -0.475 e. The summed E-state index contributed by atoms with van der Waals surface area (Å²) in [4.78, 5) is 39.0. The molecular weight excluding hydrogens is 427 g/mol. The van der Waals surface area contributed by atoms with Crippen molar-refractivity contribution >= 4 is 17.7 Å². The first-order valence-corrected chi connectivity index (χ1v) is 10.2. The molecule has 11 heteroatoms. The van der Waals surface area contributed by atoms with E-state index in [1.165, 1.54) is 5.56 Å². The molecule has 2 aromatic rings. The van der Waals surface area contributed by atoms with Crippen LogP contribution in [-0.4, -0.2) is 69.2 Å². The first-order valence-electron chi connectivity index (χ1n) is 10.2. The lowest BCUT2D eigenvalue weighted by Gasteiger charge is -2.23. The molecule has 1 N–H and O–H groups in total. The summed E-state index contributed by atoms with van der Waals surface area (Å²) in [5.41, 5.74) is 3.09. The summed E-state index contributed by atoms with van der Waals surface area (Å²) in [6.07, 6.45) is 0.229. The van der Waals surface area contributed by atoms with Gasteiger partial charge >= 0.3 is 12.1 Å². The Balaban J connectivity index is 0.000000451. The lowest BCUT2D eigenvalue weighted by molar-refractivity contribution is -0.192. The number of carboxylic acid groups (broad SMARTS) is 1. The van der Waals surface area contributed by atoms with E-state index in [9.17, 15) is 18.0 Å². The highest BCUT2D eigenvalue weighted by molar-refractivity contribution is 5.78. The fourth-order valence-electron chi connectivity index (χ4n) is 3.32. The monoisotopic (exact) mass is 453 g/mol. The van der Waals surface area contributed by atoms with Gasteiger partial charge in [-0.1, -0.05) is 6.07 Å². The first-order chi connectivity index (χ1) is 15.2. The van der Waals surface area contributed by atoms with Crippen LogP contribution < -0.4 is 4.90 Å². The number of hydrogen-bond donors (Lipinski definition) is 1. The number of pyridine rings is 1. The van der Waals surface area contributed by atoms with E-state index >= 15 is 0 Å². The standard InChI is InChI=1S/C19H25N5O.C2HF3O2/c1-3-23(4-2)19-16-8-11-24(12-9-17(16)21-14-22-19)18(25)13-15-7-5-6-10-20-15;3-2(4,5)1(6)7/h5-7,10,14H,3-4,8-9,11-13H2,1-2H3;(H,6,7).